The van der Waals surface area contributed by atoms with Crippen LogP contribution in [0, 0.1) is 5.92 Å². The topological polar surface area (TPSA) is 28.2 Å². The van der Waals surface area contributed by atoms with Crippen LogP contribution in [0.4, 0.5) is 19.0 Å². The van der Waals surface area contributed by atoms with Gasteiger partial charge in [-0.15, -0.1) is 0 Å². The van der Waals surface area contributed by atoms with Crippen LogP contribution in [0.3, 0.4) is 0 Å². The zero-order valence-corrected chi connectivity index (χ0v) is 14.1. The lowest BCUT2D eigenvalue weighted by molar-refractivity contribution is -0.119. The number of aromatic nitrogens is 1. The number of halogens is 4. The van der Waals surface area contributed by atoms with Gasteiger partial charge in [-0.2, -0.15) is 13.2 Å². The molecular formula is C14H21BrF3N3. The zero-order chi connectivity index (χ0) is 16.0. The molecule has 0 radical (unpaired) electrons. The molecular weight excluding hydrogens is 347 g/mol. The van der Waals surface area contributed by atoms with Gasteiger partial charge in [0.05, 0.1) is 0 Å². The van der Waals surface area contributed by atoms with Crippen molar-refractivity contribution < 1.29 is 13.2 Å². The standard InChI is InChI=1S/C14H21BrF3N3/c1-4-21(9-14(16,17)18)13-11(5-12(15)8-20-13)7-19-6-10(2)3/h5,8,10,19H,4,6-7,9H2,1-3H3. The fourth-order valence-corrected chi connectivity index (χ4v) is 2.32. The van der Waals surface area contributed by atoms with Gasteiger partial charge in [-0.1, -0.05) is 13.8 Å². The first-order valence-corrected chi connectivity index (χ1v) is 7.69. The Labute approximate surface area is 132 Å². The summed E-state index contributed by atoms with van der Waals surface area (Å²) in [5, 5.41) is 3.24. The Bertz CT molecular complexity index is 450. The number of rotatable bonds is 7. The summed E-state index contributed by atoms with van der Waals surface area (Å²) < 4.78 is 38.7. The fraction of sp³-hybridized carbons (Fsp3) is 0.643. The first-order valence-electron chi connectivity index (χ1n) is 6.89. The summed E-state index contributed by atoms with van der Waals surface area (Å²) in [5.74, 6) is 0.861. The Kier molecular flexibility index (Phi) is 6.93. The Morgan fingerprint density at radius 2 is 2.05 bits per heavy atom. The predicted octanol–water partition coefficient (Wildman–Crippen LogP) is 3.98. The monoisotopic (exact) mass is 367 g/mol. The molecule has 0 atom stereocenters. The van der Waals surface area contributed by atoms with Gasteiger partial charge >= 0.3 is 6.18 Å². The molecule has 1 aromatic heterocycles. The second-order valence-corrected chi connectivity index (χ2v) is 6.21. The molecule has 0 amide bonds. The quantitative estimate of drug-likeness (QED) is 0.789. The van der Waals surface area contributed by atoms with Crippen LogP contribution in [0.5, 0.6) is 0 Å². The largest absolute Gasteiger partial charge is 0.405 e. The van der Waals surface area contributed by atoms with E-state index < -0.39 is 12.7 Å². The van der Waals surface area contributed by atoms with Crippen molar-refractivity contribution in [1.82, 2.24) is 10.3 Å². The van der Waals surface area contributed by atoms with E-state index in [1.165, 1.54) is 11.1 Å². The van der Waals surface area contributed by atoms with Crippen molar-refractivity contribution in [2.75, 3.05) is 24.5 Å². The molecule has 7 heteroatoms. The summed E-state index contributed by atoms with van der Waals surface area (Å²) in [7, 11) is 0. The van der Waals surface area contributed by atoms with E-state index in [-0.39, 0.29) is 6.54 Å². The third-order valence-corrected chi connectivity index (χ3v) is 3.26. The van der Waals surface area contributed by atoms with Crippen LogP contribution >= 0.6 is 15.9 Å². The minimum atomic E-state index is -4.24. The Morgan fingerprint density at radius 1 is 1.38 bits per heavy atom. The molecule has 0 aromatic carbocycles. The molecule has 0 spiro atoms. The van der Waals surface area contributed by atoms with Gasteiger partial charge in [-0.3, -0.25) is 0 Å². The molecule has 1 N–H and O–H groups in total. The summed E-state index contributed by atoms with van der Waals surface area (Å²) >= 11 is 3.32. The average Bonchev–Trinajstić information content (AvgIpc) is 2.35. The number of anilines is 1. The average molecular weight is 368 g/mol. The van der Waals surface area contributed by atoms with Gasteiger partial charge in [0, 0.05) is 29.3 Å². The third-order valence-electron chi connectivity index (χ3n) is 2.83. The van der Waals surface area contributed by atoms with E-state index in [2.05, 4.69) is 40.1 Å². The van der Waals surface area contributed by atoms with Crippen molar-refractivity contribution in [3.63, 3.8) is 0 Å². The minimum absolute atomic E-state index is 0.255. The molecule has 1 heterocycles. The fourth-order valence-electron chi connectivity index (χ4n) is 1.94. The number of hydrogen-bond acceptors (Lipinski definition) is 3. The minimum Gasteiger partial charge on any atom is -0.348 e. The molecule has 1 rings (SSSR count). The van der Waals surface area contributed by atoms with Gasteiger partial charge in [0.2, 0.25) is 0 Å². The van der Waals surface area contributed by atoms with E-state index in [9.17, 15) is 13.2 Å². The molecule has 0 aliphatic carbocycles. The van der Waals surface area contributed by atoms with Crippen LogP contribution in [-0.4, -0.2) is 30.8 Å². The maximum atomic E-state index is 12.7. The predicted molar refractivity (Wildman–Crippen MR) is 82.4 cm³/mol. The van der Waals surface area contributed by atoms with Crippen molar-refractivity contribution in [2.24, 2.45) is 5.92 Å². The number of hydrogen-bond donors (Lipinski definition) is 1. The van der Waals surface area contributed by atoms with E-state index in [0.717, 1.165) is 16.6 Å². The van der Waals surface area contributed by atoms with Gasteiger partial charge in [-0.25, -0.2) is 4.98 Å². The molecule has 1 aromatic rings. The van der Waals surface area contributed by atoms with Gasteiger partial charge in [0.1, 0.15) is 12.4 Å². The van der Waals surface area contributed by atoms with Crippen LogP contribution in [0.2, 0.25) is 0 Å². The van der Waals surface area contributed by atoms with E-state index >= 15 is 0 Å². The summed E-state index contributed by atoms with van der Waals surface area (Å²) in [5.41, 5.74) is 0.760. The summed E-state index contributed by atoms with van der Waals surface area (Å²) in [6.45, 7) is 6.41. The molecule has 21 heavy (non-hydrogen) atoms. The van der Waals surface area contributed by atoms with E-state index in [1.54, 1.807) is 6.92 Å². The summed E-state index contributed by atoms with van der Waals surface area (Å²) in [6.07, 6.45) is -2.71. The third kappa shape index (κ3) is 6.65. The molecule has 0 unspecified atom stereocenters. The van der Waals surface area contributed by atoms with Crippen molar-refractivity contribution in [2.45, 2.75) is 33.5 Å². The number of nitrogens with one attached hydrogen (secondary N) is 1. The first kappa shape index (κ1) is 18.2. The summed E-state index contributed by atoms with van der Waals surface area (Å²) in [6, 6.07) is 1.81. The Morgan fingerprint density at radius 3 is 2.57 bits per heavy atom. The van der Waals surface area contributed by atoms with E-state index in [4.69, 9.17) is 0 Å². The van der Waals surface area contributed by atoms with Crippen LogP contribution in [-0.2, 0) is 6.54 Å². The number of nitrogens with zero attached hydrogens (tertiary/aromatic N) is 2. The lowest BCUT2D eigenvalue weighted by Crippen LogP contribution is -2.35. The van der Waals surface area contributed by atoms with Gasteiger partial charge < -0.3 is 10.2 Å². The normalized spacial score (nSPS) is 12.0. The first-order chi connectivity index (χ1) is 9.73. The van der Waals surface area contributed by atoms with Gasteiger partial charge in [-0.05, 0) is 41.4 Å². The molecule has 0 aliphatic rings. The van der Waals surface area contributed by atoms with Gasteiger partial charge in [0.25, 0.3) is 0 Å². The van der Waals surface area contributed by atoms with Crippen LogP contribution in [0.25, 0.3) is 0 Å². The molecule has 0 fully saturated rings. The SMILES string of the molecule is CCN(CC(F)(F)F)c1ncc(Br)cc1CNCC(C)C. The molecule has 120 valence electrons. The van der Waals surface area contributed by atoms with E-state index in [0.29, 0.717) is 18.3 Å². The number of pyridine rings is 1. The molecule has 3 nitrogen and oxygen atoms in total. The van der Waals surface area contributed by atoms with Crippen molar-refractivity contribution in [1.29, 1.82) is 0 Å². The van der Waals surface area contributed by atoms with Crippen molar-refractivity contribution in [3.8, 4) is 0 Å². The summed E-state index contributed by atoms with van der Waals surface area (Å²) in [4.78, 5) is 5.42. The second-order valence-electron chi connectivity index (χ2n) is 5.29. The number of alkyl halides is 3. The van der Waals surface area contributed by atoms with Crippen LogP contribution in [0.1, 0.15) is 26.3 Å². The Hall–Kier alpha value is -0.820. The van der Waals surface area contributed by atoms with Gasteiger partial charge in [0.15, 0.2) is 0 Å². The van der Waals surface area contributed by atoms with Crippen molar-refractivity contribution in [3.05, 3.63) is 22.3 Å². The molecule has 0 saturated carbocycles. The highest BCUT2D eigenvalue weighted by Gasteiger charge is 2.31. The molecule has 0 bridgehead atoms. The maximum Gasteiger partial charge on any atom is 0.405 e. The smallest absolute Gasteiger partial charge is 0.348 e. The molecule has 0 saturated heterocycles. The highest BCUT2D eigenvalue weighted by atomic mass is 79.9. The second kappa shape index (κ2) is 7.98. The lowest BCUT2D eigenvalue weighted by Gasteiger charge is -2.26. The zero-order valence-electron chi connectivity index (χ0n) is 12.5. The molecule has 0 aliphatic heterocycles. The maximum absolute atomic E-state index is 12.7. The van der Waals surface area contributed by atoms with E-state index in [1.807, 2.05) is 6.07 Å². The van der Waals surface area contributed by atoms with Crippen LogP contribution < -0.4 is 10.2 Å². The lowest BCUT2D eigenvalue weighted by atomic mass is 10.2. The van der Waals surface area contributed by atoms with Crippen LogP contribution in [0.15, 0.2) is 16.7 Å². The highest BCUT2D eigenvalue weighted by Crippen LogP contribution is 2.25. The highest BCUT2D eigenvalue weighted by molar-refractivity contribution is 9.10. The Balaban J connectivity index is 2.93. The van der Waals surface area contributed by atoms with Crippen molar-refractivity contribution >= 4 is 21.7 Å².